The van der Waals surface area contributed by atoms with Gasteiger partial charge in [-0.15, -0.1) is 21.5 Å². The molecule has 0 aliphatic heterocycles. The van der Waals surface area contributed by atoms with Crippen LogP contribution < -0.4 is 0 Å². The normalized spacial score (nSPS) is 13.0. The van der Waals surface area contributed by atoms with Gasteiger partial charge in [-0.2, -0.15) is 0 Å². The number of thioether (sulfide) groups is 1. The van der Waals surface area contributed by atoms with E-state index in [2.05, 4.69) is 21.2 Å². The molecule has 0 amide bonds. The van der Waals surface area contributed by atoms with Gasteiger partial charge in [-0.3, -0.25) is 0 Å². The van der Waals surface area contributed by atoms with Gasteiger partial charge in [0.1, 0.15) is 0 Å². The monoisotopic (exact) mass is 277 g/mol. The first-order valence-corrected chi connectivity index (χ1v) is 7.24. The van der Waals surface area contributed by atoms with Crippen LogP contribution in [0.3, 0.4) is 0 Å². The molecule has 0 spiro atoms. The Morgan fingerprint density at radius 3 is 2.83 bits per heavy atom. The van der Waals surface area contributed by atoms with Crippen LogP contribution in [0.5, 0.6) is 0 Å². The molecule has 3 aromatic rings. The molecule has 6 heteroatoms. The van der Waals surface area contributed by atoms with Crippen LogP contribution in [0.15, 0.2) is 33.0 Å². The van der Waals surface area contributed by atoms with Crippen molar-refractivity contribution in [2.45, 2.75) is 23.4 Å². The lowest BCUT2D eigenvalue weighted by atomic mass is 10.3. The third kappa shape index (κ3) is 2.26. The summed E-state index contributed by atoms with van der Waals surface area (Å²) < 4.78 is 7.66. The molecule has 0 N–H and O–H groups in total. The topological polar surface area (TPSA) is 51.8 Å². The summed E-state index contributed by atoms with van der Waals surface area (Å²) >= 11 is 3.34. The van der Waals surface area contributed by atoms with Crippen LogP contribution in [-0.4, -0.2) is 15.2 Å². The number of aromatic nitrogens is 3. The first-order chi connectivity index (χ1) is 8.72. The maximum Gasteiger partial charge on any atom is 0.229 e. The molecule has 4 nitrogen and oxygen atoms in total. The predicted octanol–water partition coefficient (Wildman–Crippen LogP) is 3.84. The fourth-order valence-corrected chi connectivity index (χ4v) is 3.82. The van der Waals surface area contributed by atoms with Crippen LogP contribution in [0.25, 0.3) is 10.2 Å². The largest absolute Gasteiger partial charge is 0.424 e. The first kappa shape index (κ1) is 11.7. The Labute approximate surface area is 112 Å². The van der Waals surface area contributed by atoms with E-state index in [4.69, 9.17) is 4.42 Å². The van der Waals surface area contributed by atoms with Crippen molar-refractivity contribution in [1.82, 2.24) is 15.2 Å². The van der Waals surface area contributed by atoms with Gasteiger partial charge < -0.3 is 4.42 Å². The zero-order valence-electron chi connectivity index (χ0n) is 9.95. The number of thiazole rings is 1. The van der Waals surface area contributed by atoms with Gasteiger partial charge in [0.05, 0.1) is 15.5 Å². The minimum Gasteiger partial charge on any atom is -0.424 e. The van der Waals surface area contributed by atoms with E-state index in [0.717, 1.165) is 9.86 Å². The summed E-state index contributed by atoms with van der Waals surface area (Å²) in [5, 5.41) is 8.00. The van der Waals surface area contributed by atoms with E-state index in [9.17, 15) is 0 Å². The minimum absolute atomic E-state index is 0.117. The highest BCUT2D eigenvalue weighted by Gasteiger charge is 2.16. The molecule has 0 aliphatic rings. The lowest BCUT2D eigenvalue weighted by Crippen LogP contribution is -1.88. The SMILES string of the molecule is Cc1nnc(C(C)Sc2nc3ccccc3s2)o1. The second-order valence-electron chi connectivity index (χ2n) is 3.87. The molecule has 1 atom stereocenters. The van der Waals surface area contributed by atoms with Crippen LogP contribution in [0.1, 0.15) is 24.0 Å². The molecular weight excluding hydrogens is 266 g/mol. The molecule has 1 unspecified atom stereocenters. The molecular formula is C12H11N3OS2. The number of nitrogens with zero attached hydrogens (tertiary/aromatic N) is 3. The summed E-state index contributed by atoms with van der Waals surface area (Å²) in [7, 11) is 0. The number of fused-ring (bicyclic) bond motifs is 1. The van der Waals surface area contributed by atoms with Crippen molar-refractivity contribution in [3.8, 4) is 0 Å². The maximum atomic E-state index is 5.43. The molecule has 3 rings (SSSR count). The van der Waals surface area contributed by atoms with E-state index in [1.165, 1.54) is 4.70 Å². The van der Waals surface area contributed by atoms with Gasteiger partial charge in [0.15, 0.2) is 4.34 Å². The molecule has 0 bridgehead atoms. The van der Waals surface area contributed by atoms with E-state index >= 15 is 0 Å². The van der Waals surface area contributed by atoms with Crippen molar-refractivity contribution in [2.24, 2.45) is 0 Å². The van der Waals surface area contributed by atoms with Crippen molar-refractivity contribution >= 4 is 33.3 Å². The molecule has 2 heterocycles. The zero-order chi connectivity index (χ0) is 12.5. The van der Waals surface area contributed by atoms with Crippen LogP contribution in [0, 0.1) is 6.92 Å². The lowest BCUT2D eigenvalue weighted by molar-refractivity contribution is 0.470. The van der Waals surface area contributed by atoms with Crippen molar-refractivity contribution in [3.63, 3.8) is 0 Å². The Balaban J connectivity index is 1.83. The molecule has 0 aliphatic carbocycles. The quantitative estimate of drug-likeness (QED) is 0.681. The summed E-state index contributed by atoms with van der Waals surface area (Å²) in [6.45, 7) is 3.84. The molecule has 18 heavy (non-hydrogen) atoms. The molecule has 2 aromatic heterocycles. The summed E-state index contributed by atoms with van der Waals surface area (Å²) in [4.78, 5) is 4.58. The lowest BCUT2D eigenvalue weighted by Gasteiger charge is -2.02. The highest BCUT2D eigenvalue weighted by Crippen LogP contribution is 2.38. The molecule has 1 aromatic carbocycles. The van der Waals surface area contributed by atoms with E-state index in [1.807, 2.05) is 25.1 Å². The average Bonchev–Trinajstić information content (AvgIpc) is 2.94. The molecule has 0 saturated carbocycles. The highest BCUT2D eigenvalue weighted by atomic mass is 32.2. The number of rotatable bonds is 3. The predicted molar refractivity (Wildman–Crippen MR) is 72.9 cm³/mol. The van der Waals surface area contributed by atoms with Crippen molar-refractivity contribution in [2.75, 3.05) is 0 Å². The number of hydrogen-bond donors (Lipinski definition) is 0. The number of benzene rings is 1. The van der Waals surface area contributed by atoms with E-state index in [1.54, 1.807) is 30.0 Å². The Bertz CT molecular complexity index is 644. The first-order valence-electron chi connectivity index (χ1n) is 5.54. The average molecular weight is 277 g/mol. The molecule has 0 fully saturated rings. The van der Waals surface area contributed by atoms with Gasteiger partial charge in [0.2, 0.25) is 11.8 Å². The van der Waals surface area contributed by atoms with E-state index < -0.39 is 0 Å². The molecule has 0 saturated heterocycles. The van der Waals surface area contributed by atoms with E-state index in [0.29, 0.717) is 11.8 Å². The standard InChI is InChI=1S/C12H11N3OS2/c1-7(11-15-14-8(2)16-11)17-12-13-9-5-3-4-6-10(9)18-12/h3-7H,1-2H3. The van der Waals surface area contributed by atoms with Gasteiger partial charge in [0.25, 0.3) is 0 Å². The Kier molecular flexibility index (Phi) is 3.05. The summed E-state index contributed by atoms with van der Waals surface area (Å²) in [5.74, 6) is 1.25. The van der Waals surface area contributed by atoms with E-state index in [-0.39, 0.29) is 5.25 Å². The molecule has 92 valence electrons. The Morgan fingerprint density at radius 2 is 2.11 bits per heavy atom. The number of para-hydroxylation sites is 1. The van der Waals surface area contributed by atoms with Gasteiger partial charge in [-0.1, -0.05) is 23.9 Å². The number of aryl methyl sites for hydroxylation is 1. The summed E-state index contributed by atoms with van der Waals surface area (Å²) in [5.41, 5.74) is 1.04. The fraction of sp³-hybridized carbons (Fsp3) is 0.250. The second kappa shape index (κ2) is 4.70. The van der Waals surface area contributed by atoms with Gasteiger partial charge in [0, 0.05) is 6.92 Å². The minimum atomic E-state index is 0.117. The second-order valence-corrected chi connectivity index (χ2v) is 6.49. The summed E-state index contributed by atoms with van der Waals surface area (Å²) in [6.07, 6.45) is 0. The van der Waals surface area contributed by atoms with Gasteiger partial charge in [-0.25, -0.2) is 4.98 Å². The van der Waals surface area contributed by atoms with Crippen molar-refractivity contribution < 1.29 is 4.42 Å². The fourth-order valence-electron chi connectivity index (χ4n) is 1.58. The van der Waals surface area contributed by atoms with Gasteiger partial charge >= 0.3 is 0 Å². The highest BCUT2D eigenvalue weighted by molar-refractivity contribution is 8.01. The Morgan fingerprint density at radius 1 is 1.28 bits per heavy atom. The van der Waals surface area contributed by atoms with Crippen LogP contribution in [0.4, 0.5) is 0 Å². The third-order valence-corrected chi connectivity index (χ3v) is 4.66. The molecule has 0 radical (unpaired) electrons. The maximum absolute atomic E-state index is 5.43. The van der Waals surface area contributed by atoms with Crippen LogP contribution >= 0.6 is 23.1 Å². The van der Waals surface area contributed by atoms with Crippen molar-refractivity contribution in [1.29, 1.82) is 0 Å². The van der Waals surface area contributed by atoms with Crippen LogP contribution in [0.2, 0.25) is 0 Å². The zero-order valence-corrected chi connectivity index (χ0v) is 11.6. The third-order valence-electron chi connectivity index (χ3n) is 2.44. The van der Waals surface area contributed by atoms with Gasteiger partial charge in [-0.05, 0) is 19.1 Å². The van der Waals surface area contributed by atoms with Crippen molar-refractivity contribution in [3.05, 3.63) is 36.0 Å². The van der Waals surface area contributed by atoms with Crippen LogP contribution in [-0.2, 0) is 0 Å². The Hall–Kier alpha value is -1.40. The summed E-state index contributed by atoms with van der Waals surface area (Å²) in [6, 6.07) is 8.14. The number of hydrogen-bond acceptors (Lipinski definition) is 6. The smallest absolute Gasteiger partial charge is 0.229 e.